The second kappa shape index (κ2) is 13.1. The SMILES string of the molecule is C=CCNC(=O)C(=O)N/N=C\c1ccc(OCC(=O)Nc2cccc(Cl)c2Cl)c(OCC)c1. The number of carbonyl (C=O) groups excluding carboxylic acids is 3. The summed E-state index contributed by atoms with van der Waals surface area (Å²) in [6.07, 6.45) is 2.78. The smallest absolute Gasteiger partial charge is 0.329 e. The van der Waals surface area contributed by atoms with Crippen LogP contribution in [0.1, 0.15) is 12.5 Å². The van der Waals surface area contributed by atoms with Crippen LogP contribution in [0.25, 0.3) is 0 Å². The number of ether oxygens (including phenoxy) is 2. The molecule has 33 heavy (non-hydrogen) atoms. The van der Waals surface area contributed by atoms with Crippen molar-refractivity contribution in [2.75, 3.05) is 25.1 Å². The van der Waals surface area contributed by atoms with Gasteiger partial charge in [-0.1, -0.05) is 35.3 Å². The fourth-order valence-corrected chi connectivity index (χ4v) is 2.73. The summed E-state index contributed by atoms with van der Waals surface area (Å²) in [5.74, 6) is -1.49. The van der Waals surface area contributed by atoms with E-state index in [9.17, 15) is 14.4 Å². The average molecular weight is 493 g/mol. The summed E-state index contributed by atoms with van der Waals surface area (Å²) in [6.45, 7) is 5.45. The number of amides is 3. The van der Waals surface area contributed by atoms with Crippen LogP contribution in [-0.2, 0) is 14.4 Å². The maximum absolute atomic E-state index is 12.2. The third-order valence-corrected chi connectivity index (χ3v) is 4.66. The molecule has 3 N–H and O–H groups in total. The predicted octanol–water partition coefficient (Wildman–Crippen LogP) is 3.16. The van der Waals surface area contributed by atoms with Gasteiger partial charge in [-0.15, -0.1) is 6.58 Å². The zero-order valence-electron chi connectivity index (χ0n) is 17.7. The van der Waals surface area contributed by atoms with Crippen molar-refractivity contribution in [3.63, 3.8) is 0 Å². The van der Waals surface area contributed by atoms with Gasteiger partial charge in [0, 0.05) is 6.54 Å². The third-order valence-electron chi connectivity index (χ3n) is 3.84. The number of nitrogens with one attached hydrogen (secondary N) is 3. The van der Waals surface area contributed by atoms with Gasteiger partial charge in [-0.3, -0.25) is 14.4 Å². The van der Waals surface area contributed by atoms with E-state index in [-0.39, 0.29) is 18.2 Å². The molecule has 0 saturated heterocycles. The van der Waals surface area contributed by atoms with Crippen LogP contribution in [0.15, 0.2) is 54.2 Å². The number of hydrogen-bond acceptors (Lipinski definition) is 6. The van der Waals surface area contributed by atoms with E-state index < -0.39 is 17.7 Å². The van der Waals surface area contributed by atoms with E-state index in [1.165, 1.54) is 12.3 Å². The summed E-state index contributed by atoms with van der Waals surface area (Å²) >= 11 is 12.0. The second-order valence-corrected chi connectivity index (χ2v) is 7.06. The van der Waals surface area contributed by atoms with Crippen LogP contribution < -0.4 is 25.5 Å². The Morgan fingerprint density at radius 1 is 1.09 bits per heavy atom. The Labute approximate surface area is 200 Å². The highest BCUT2D eigenvalue weighted by molar-refractivity contribution is 6.44. The van der Waals surface area contributed by atoms with Gasteiger partial charge in [-0.25, -0.2) is 5.43 Å². The highest BCUT2D eigenvalue weighted by Crippen LogP contribution is 2.30. The lowest BCUT2D eigenvalue weighted by Crippen LogP contribution is -2.37. The normalized spacial score (nSPS) is 10.4. The quantitative estimate of drug-likeness (QED) is 0.203. The van der Waals surface area contributed by atoms with Crippen molar-refractivity contribution in [3.8, 4) is 11.5 Å². The van der Waals surface area contributed by atoms with E-state index in [1.807, 2.05) is 0 Å². The van der Waals surface area contributed by atoms with Gasteiger partial charge in [0.1, 0.15) is 0 Å². The standard InChI is InChI=1S/C22H22Cl2N4O5/c1-3-10-25-21(30)22(31)28-26-12-14-8-9-17(18(11-14)32-4-2)33-13-19(29)27-16-7-5-6-15(23)20(16)24/h3,5-9,11-12H,1,4,10,13H2,2H3,(H,25,30)(H,27,29)(H,28,31)/b26-12-. The van der Waals surface area contributed by atoms with Crippen LogP contribution >= 0.6 is 23.2 Å². The van der Waals surface area contributed by atoms with E-state index in [4.69, 9.17) is 32.7 Å². The van der Waals surface area contributed by atoms with Crippen molar-refractivity contribution in [1.29, 1.82) is 0 Å². The summed E-state index contributed by atoms with van der Waals surface area (Å²) in [7, 11) is 0. The summed E-state index contributed by atoms with van der Waals surface area (Å²) in [4.78, 5) is 35.3. The van der Waals surface area contributed by atoms with Crippen LogP contribution in [0.4, 0.5) is 5.69 Å². The highest BCUT2D eigenvalue weighted by atomic mass is 35.5. The van der Waals surface area contributed by atoms with Crippen molar-refractivity contribution in [1.82, 2.24) is 10.7 Å². The van der Waals surface area contributed by atoms with Gasteiger partial charge >= 0.3 is 11.8 Å². The Morgan fingerprint density at radius 2 is 1.88 bits per heavy atom. The Kier molecular flexibility index (Phi) is 10.2. The zero-order chi connectivity index (χ0) is 24.2. The molecule has 0 aliphatic rings. The molecule has 2 rings (SSSR count). The van der Waals surface area contributed by atoms with Crippen LogP contribution in [-0.4, -0.2) is 43.7 Å². The van der Waals surface area contributed by atoms with Gasteiger partial charge in [0.05, 0.1) is 28.6 Å². The maximum Gasteiger partial charge on any atom is 0.329 e. The Bertz CT molecular complexity index is 1060. The lowest BCUT2D eigenvalue weighted by atomic mass is 10.2. The number of carbonyl (C=O) groups is 3. The third kappa shape index (κ3) is 8.13. The molecule has 9 nitrogen and oxygen atoms in total. The predicted molar refractivity (Wildman–Crippen MR) is 127 cm³/mol. The molecule has 0 unspecified atom stereocenters. The van der Waals surface area contributed by atoms with Crippen molar-refractivity contribution in [3.05, 3.63) is 64.7 Å². The molecule has 174 valence electrons. The van der Waals surface area contributed by atoms with E-state index in [2.05, 4.69) is 27.7 Å². The lowest BCUT2D eigenvalue weighted by Gasteiger charge is -2.13. The van der Waals surface area contributed by atoms with E-state index in [0.29, 0.717) is 34.4 Å². The van der Waals surface area contributed by atoms with Crippen LogP contribution in [0.3, 0.4) is 0 Å². The molecule has 2 aromatic carbocycles. The molecule has 0 heterocycles. The number of benzene rings is 2. The molecule has 11 heteroatoms. The number of nitrogens with zero attached hydrogens (tertiary/aromatic N) is 1. The Morgan fingerprint density at radius 3 is 2.61 bits per heavy atom. The average Bonchev–Trinajstić information content (AvgIpc) is 2.80. The van der Waals surface area contributed by atoms with E-state index in [0.717, 1.165) is 0 Å². The van der Waals surface area contributed by atoms with E-state index in [1.54, 1.807) is 43.3 Å². The first kappa shape index (κ1) is 25.7. The monoisotopic (exact) mass is 492 g/mol. The first-order valence-corrected chi connectivity index (χ1v) is 10.5. The number of hydrazone groups is 1. The summed E-state index contributed by atoms with van der Waals surface area (Å²) in [6, 6.07) is 9.72. The largest absolute Gasteiger partial charge is 0.490 e. The molecule has 0 spiro atoms. The molecule has 0 aliphatic heterocycles. The van der Waals surface area contributed by atoms with E-state index >= 15 is 0 Å². The highest BCUT2D eigenvalue weighted by Gasteiger charge is 2.13. The molecule has 0 aliphatic carbocycles. The van der Waals surface area contributed by atoms with Gasteiger partial charge < -0.3 is 20.1 Å². The minimum atomic E-state index is -0.913. The maximum atomic E-state index is 12.2. The van der Waals surface area contributed by atoms with Crippen molar-refractivity contribution in [2.45, 2.75) is 6.92 Å². The molecule has 3 amide bonds. The fraction of sp³-hybridized carbons (Fsp3) is 0.182. The molecule has 0 fully saturated rings. The van der Waals surface area contributed by atoms with Crippen molar-refractivity contribution < 1.29 is 23.9 Å². The molecule has 2 aromatic rings. The molecule has 0 aromatic heterocycles. The van der Waals surface area contributed by atoms with Crippen molar-refractivity contribution in [2.24, 2.45) is 5.10 Å². The number of hydrogen-bond donors (Lipinski definition) is 3. The topological polar surface area (TPSA) is 118 Å². The molecule has 0 bridgehead atoms. The van der Waals surface area contributed by atoms with Gasteiger partial charge in [0.25, 0.3) is 5.91 Å². The number of anilines is 1. The first-order chi connectivity index (χ1) is 15.8. The van der Waals surface area contributed by atoms with Gasteiger partial charge in [-0.2, -0.15) is 5.10 Å². The summed E-state index contributed by atoms with van der Waals surface area (Å²) in [5, 5.41) is 9.25. The van der Waals surface area contributed by atoms with Crippen LogP contribution in [0, 0.1) is 0 Å². The van der Waals surface area contributed by atoms with Gasteiger partial charge in [-0.05, 0) is 42.8 Å². The Hall–Kier alpha value is -3.56. The summed E-state index contributed by atoms with van der Waals surface area (Å²) in [5.41, 5.74) is 3.05. The first-order valence-electron chi connectivity index (χ1n) is 9.71. The zero-order valence-corrected chi connectivity index (χ0v) is 19.2. The molecular weight excluding hydrogens is 471 g/mol. The Balaban J connectivity index is 1.99. The number of halogens is 2. The minimum Gasteiger partial charge on any atom is -0.490 e. The molecular formula is C22H22Cl2N4O5. The molecule has 0 atom stereocenters. The summed E-state index contributed by atoms with van der Waals surface area (Å²) < 4.78 is 11.1. The van der Waals surface area contributed by atoms with Crippen molar-refractivity contribution >= 4 is 52.8 Å². The van der Waals surface area contributed by atoms with Gasteiger partial charge in [0.2, 0.25) is 0 Å². The second-order valence-electron chi connectivity index (χ2n) is 6.28. The van der Waals surface area contributed by atoms with Crippen LogP contribution in [0.2, 0.25) is 10.0 Å². The molecule has 0 radical (unpaired) electrons. The number of rotatable bonds is 10. The molecule has 0 saturated carbocycles. The lowest BCUT2D eigenvalue weighted by molar-refractivity contribution is -0.139. The fourth-order valence-electron chi connectivity index (χ4n) is 2.38. The van der Waals surface area contributed by atoms with Gasteiger partial charge in [0.15, 0.2) is 18.1 Å². The minimum absolute atomic E-state index is 0.166. The van der Waals surface area contributed by atoms with Crippen LogP contribution in [0.5, 0.6) is 11.5 Å².